The van der Waals surface area contributed by atoms with Crippen molar-refractivity contribution in [2.75, 3.05) is 28.3 Å². The number of rotatable bonds is 7. The molecule has 0 aliphatic carbocycles. The van der Waals surface area contributed by atoms with Crippen LogP contribution in [0, 0.1) is 20.8 Å². The molecule has 5 rings (SSSR count). The van der Waals surface area contributed by atoms with E-state index >= 15 is 0 Å². The number of urea groups is 1. The number of hydrogen-bond acceptors (Lipinski definition) is 7. The number of anilines is 5. The second-order valence-corrected chi connectivity index (χ2v) is 9.52. The minimum Gasteiger partial charge on any atom is -0.373 e. The van der Waals surface area contributed by atoms with Crippen molar-refractivity contribution >= 4 is 34.7 Å². The van der Waals surface area contributed by atoms with Gasteiger partial charge in [0.2, 0.25) is 0 Å². The highest BCUT2D eigenvalue weighted by atomic mass is 19.4. The SMILES string of the molecule is CNc1cc(-n2nc(C)cc2Nc2cc(NC(=O)Nc3cc(-n4cnc(C)c4)cc(C(F)(F)F)c3)ccc2C)ncn1. The summed E-state index contributed by atoms with van der Waals surface area (Å²) in [5.74, 6) is 1.80. The lowest BCUT2D eigenvalue weighted by molar-refractivity contribution is -0.137. The zero-order valence-electron chi connectivity index (χ0n) is 23.1. The molecule has 0 spiro atoms. The second kappa shape index (κ2) is 11.2. The van der Waals surface area contributed by atoms with E-state index in [1.54, 1.807) is 49.1 Å². The van der Waals surface area contributed by atoms with Gasteiger partial charge < -0.3 is 25.8 Å². The summed E-state index contributed by atoms with van der Waals surface area (Å²) in [6.07, 6.45) is -0.174. The maximum atomic E-state index is 13.6. The van der Waals surface area contributed by atoms with E-state index in [0.717, 1.165) is 23.4 Å². The molecule has 0 aliphatic rings. The molecule has 42 heavy (non-hydrogen) atoms. The van der Waals surface area contributed by atoms with Crippen LogP contribution in [0.1, 0.15) is 22.5 Å². The van der Waals surface area contributed by atoms with Crippen molar-refractivity contribution in [3.05, 3.63) is 89.9 Å². The van der Waals surface area contributed by atoms with Crippen molar-refractivity contribution in [2.24, 2.45) is 0 Å². The first kappa shape index (κ1) is 28.1. The number of nitrogens with one attached hydrogen (secondary N) is 4. The average molecular weight is 577 g/mol. The number of aromatic nitrogens is 6. The quantitative estimate of drug-likeness (QED) is 0.181. The smallest absolute Gasteiger partial charge is 0.373 e. The molecule has 2 aromatic carbocycles. The van der Waals surface area contributed by atoms with E-state index < -0.39 is 17.8 Å². The Morgan fingerprint density at radius 3 is 2.38 bits per heavy atom. The van der Waals surface area contributed by atoms with Crippen molar-refractivity contribution in [2.45, 2.75) is 26.9 Å². The first-order valence-corrected chi connectivity index (χ1v) is 12.7. The van der Waals surface area contributed by atoms with Gasteiger partial charge in [-0.25, -0.2) is 19.7 Å². The Morgan fingerprint density at radius 1 is 0.881 bits per heavy atom. The van der Waals surface area contributed by atoms with Gasteiger partial charge in [0.05, 0.1) is 23.3 Å². The van der Waals surface area contributed by atoms with Crippen molar-refractivity contribution in [1.29, 1.82) is 0 Å². The Balaban J connectivity index is 1.37. The molecule has 0 fully saturated rings. The van der Waals surface area contributed by atoms with E-state index in [-0.39, 0.29) is 11.4 Å². The molecule has 0 atom stereocenters. The number of benzene rings is 2. The van der Waals surface area contributed by atoms with E-state index in [4.69, 9.17) is 0 Å². The molecule has 11 nitrogen and oxygen atoms in total. The summed E-state index contributed by atoms with van der Waals surface area (Å²) in [6.45, 7) is 5.47. The Hall–Kier alpha value is -5.40. The minimum absolute atomic E-state index is 0.0284. The molecule has 3 aromatic heterocycles. The van der Waals surface area contributed by atoms with Gasteiger partial charge in [0.15, 0.2) is 5.82 Å². The van der Waals surface area contributed by atoms with E-state index in [9.17, 15) is 18.0 Å². The molecule has 2 amide bonds. The first-order valence-electron chi connectivity index (χ1n) is 12.7. The van der Waals surface area contributed by atoms with Crippen LogP contribution in [0.3, 0.4) is 0 Å². The molecule has 216 valence electrons. The maximum absolute atomic E-state index is 13.6. The summed E-state index contributed by atoms with van der Waals surface area (Å²) in [6, 6.07) is 11.4. The third kappa shape index (κ3) is 6.32. The van der Waals surface area contributed by atoms with Gasteiger partial charge in [-0.1, -0.05) is 6.07 Å². The van der Waals surface area contributed by atoms with Gasteiger partial charge in [-0.2, -0.15) is 23.0 Å². The molecule has 5 aromatic rings. The molecule has 3 heterocycles. The standard InChI is InChI=1S/C28H27F3N10O/c1-16-5-6-20(11-23(16)38-26-7-17(2)39-41(26)25-12-24(32-4)33-14-34-25)36-27(42)37-21-8-19(28(29,30)31)9-22(10-21)40-13-18(3)35-15-40/h5-15,38H,1-4H3,(H,32,33,34)(H2,36,37,42). The van der Waals surface area contributed by atoms with Crippen LogP contribution in [0.15, 0.2) is 67.4 Å². The minimum atomic E-state index is -4.61. The molecule has 0 radical (unpaired) electrons. The van der Waals surface area contributed by atoms with Gasteiger partial charge in [0.25, 0.3) is 0 Å². The fourth-order valence-electron chi connectivity index (χ4n) is 4.19. The molecule has 0 unspecified atom stereocenters. The Morgan fingerprint density at radius 2 is 1.67 bits per heavy atom. The molecular weight excluding hydrogens is 549 g/mol. The number of halogens is 3. The average Bonchev–Trinajstić information content (AvgIpc) is 3.54. The molecular formula is C28H27F3N10O. The van der Waals surface area contributed by atoms with Crippen molar-refractivity contribution in [3.8, 4) is 11.5 Å². The van der Waals surface area contributed by atoms with Crippen LogP contribution >= 0.6 is 0 Å². The molecule has 0 bridgehead atoms. The van der Waals surface area contributed by atoms with Crippen molar-refractivity contribution < 1.29 is 18.0 Å². The first-order chi connectivity index (χ1) is 20.0. The van der Waals surface area contributed by atoms with Gasteiger partial charge in [0.1, 0.15) is 18.0 Å². The topological polar surface area (TPSA) is 127 Å². The predicted molar refractivity (Wildman–Crippen MR) is 154 cm³/mol. The number of hydrogen-bond donors (Lipinski definition) is 4. The fourth-order valence-corrected chi connectivity index (χ4v) is 4.19. The fraction of sp³-hybridized carbons (Fsp3) is 0.179. The second-order valence-electron chi connectivity index (χ2n) is 9.52. The van der Waals surface area contributed by atoms with Crippen LogP contribution in [-0.2, 0) is 6.18 Å². The number of amides is 2. The largest absolute Gasteiger partial charge is 0.416 e. The van der Waals surface area contributed by atoms with Gasteiger partial charge in [-0.05, 0) is 56.7 Å². The number of aryl methyl sites for hydroxylation is 3. The van der Waals surface area contributed by atoms with Crippen LogP contribution in [0.5, 0.6) is 0 Å². The van der Waals surface area contributed by atoms with E-state index in [0.29, 0.717) is 34.5 Å². The highest BCUT2D eigenvalue weighted by Gasteiger charge is 2.31. The maximum Gasteiger partial charge on any atom is 0.416 e. The summed E-state index contributed by atoms with van der Waals surface area (Å²) in [5.41, 5.74) is 2.64. The van der Waals surface area contributed by atoms with Crippen molar-refractivity contribution in [3.63, 3.8) is 0 Å². The third-order valence-electron chi connectivity index (χ3n) is 6.23. The van der Waals surface area contributed by atoms with Gasteiger partial charge in [-0.15, -0.1) is 0 Å². The summed E-state index contributed by atoms with van der Waals surface area (Å²) in [5, 5.41) is 16.0. The molecule has 0 aliphatic heterocycles. The monoisotopic (exact) mass is 576 g/mol. The van der Waals surface area contributed by atoms with Gasteiger partial charge in [-0.3, -0.25) is 0 Å². The molecule has 14 heteroatoms. The van der Waals surface area contributed by atoms with Crippen LogP contribution in [0.2, 0.25) is 0 Å². The Labute approximate surface area is 238 Å². The van der Waals surface area contributed by atoms with Gasteiger partial charge >= 0.3 is 12.2 Å². The zero-order chi connectivity index (χ0) is 30.0. The Bertz CT molecular complexity index is 1760. The molecule has 0 saturated heterocycles. The summed E-state index contributed by atoms with van der Waals surface area (Å²) in [7, 11) is 1.75. The van der Waals surface area contributed by atoms with Crippen molar-refractivity contribution in [1.82, 2.24) is 29.3 Å². The van der Waals surface area contributed by atoms with Gasteiger partial charge in [0, 0.05) is 48.1 Å². The third-order valence-corrected chi connectivity index (χ3v) is 6.23. The lowest BCUT2D eigenvalue weighted by Gasteiger charge is -2.15. The zero-order valence-corrected chi connectivity index (χ0v) is 23.1. The summed E-state index contributed by atoms with van der Waals surface area (Å²) >= 11 is 0. The lowest BCUT2D eigenvalue weighted by atomic mass is 10.1. The number of carbonyl (C=O) groups excluding carboxylic acids is 1. The number of imidazole rings is 1. The lowest BCUT2D eigenvalue weighted by Crippen LogP contribution is -2.20. The van der Waals surface area contributed by atoms with E-state index in [2.05, 4.69) is 41.3 Å². The molecule has 4 N–H and O–H groups in total. The number of carbonyl (C=O) groups is 1. The summed E-state index contributed by atoms with van der Waals surface area (Å²) in [4.78, 5) is 25.4. The highest BCUT2D eigenvalue weighted by molar-refractivity contribution is 6.00. The van der Waals surface area contributed by atoms with Crippen LogP contribution in [-0.4, -0.2) is 42.4 Å². The predicted octanol–water partition coefficient (Wildman–Crippen LogP) is 6.22. The number of alkyl halides is 3. The normalized spacial score (nSPS) is 11.3. The summed E-state index contributed by atoms with van der Waals surface area (Å²) < 4.78 is 43.9. The van der Waals surface area contributed by atoms with Crippen LogP contribution < -0.4 is 21.3 Å². The molecule has 0 saturated carbocycles. The number of nitrogens with zero attached hydrogens (tertiary/aromatic N) is 6. The highest BCUT2D eigenvalue weighted by Crippen LogP contribution is 2.33. The van der Waals surface area contributed by atoms with Crippen LogP contribution in [0.25, 0.3) is 11.5 Å². The Kier molecular flexibility index (Phi) is 7.53. The van der Waals surface area contributed by atoms with E-state index in [1.807, 2.05) is 19.9 Å². The van der Waals surface area contributed by atoms with E-state index in [1.165, 1.54) is 23.3 Å². The van der Waals surface area contributed by atoms with Crippen LogP contribution in [0.4, 0.5) is 46.7 Å².